The van der Waals surface area contributed by atoms with Crippen LogP contribution in [-0.2, 0) is 0 Å². The number of nitrogens with zero attached hydrogens (tertiary/aromatic N) is 2. The average molecular weight is 419 g/mol. The Morgan fingerprint density at radius 2 is 1.90 bits per heavy atom. The number of amides is 1. The number of nitro benzene ring substituents is 1. The van der Waals surface area contributed by atoms with E-state index in [9.17, 15) is 23.7 Å². The van der Waals surface area contributed by atoms with Gasteiger partial charge in [-0.1, -0.05) is 0 Å². The lowest BCUT2D eigenvalue weighted by Crippen LogP contribution is -2.13. The monoisotopic (exact) mass is 419 g/mol. The van der Waals surface area contributed by atoms with Crippen LogP contribution in [0.4, 0.5) is 19.6 Å². The second-order valence-corrected chi connectivity index (χ2v) is 7.24. The molecule has 0 bridgehead atoms. The van der Waals surface area contributed by atoms with Gasteiger partial charge in [0.1, 0.15) is 5.75 Å². The second kappa shape index (κ2) is 8.31. The summed E-state index contributed by atoms with van der Waals surface area (Å²) in [6.45, 7) is 0.541. The van der Waals surface area contributed by atoms with Gasteiger partial charge < -0.3 is 4.74 Å². The van der Waals surface area contributed by atoms with E-state index in [2.05, 4.69) is 15.0 Å². The molecule has 0 saturated heterocycles. The van der Waals surface area contributed by atoms with Crippen LogP contribution in [0.5, 0.6) is 5.75 Å². The number of rotatable bonds is 6. The number of carbonyl (C=O) groups is 1. The molecule has 150 valence electrons. The molecule has 0 aliphatic carbocycles. The van der Waals surface area contributed by atoms with E-state index in [1.807, 2.05) is 6.92 Å². The first-order valence-electron chi connectivity index (χ1n) is 8.33. The predicted octanol–water partition coefficient (Wildman–Crippen LogP) is 5.19. The molecule has 0 unspecified atom stereocenters. The summed E-state index contributed by atoms with van der Waals surface area (Å²) in [5.74, 6) is -0.391. The molecule has 0 aliphatic heterocycles. The van der Waals surface area contributed by atoms with E-state index in [1.165, 1.54) is 41.7 Å². The Balaban J connectivity index is 1.78. The largest absolute Gasteiger partial charge is 0.435 e. The molecule has 3 aromatic rings. The SMILES string of the molecule is Cc1cc([N+](=O)[O-])ccc1C(=O)Nc1nc(-c2ccc(OC(F)F)cc2)c(C)s1. The smallest absolute Gasteiger partial charge is 0.387 e. The van der Waals surface area contributed by atoms with Crippen molar-refractivity contribution in [1.82, 2.24) is 4.98 Å². The zero-order chi connectivity index (χ0) is 21.1. The maximum absolute atomic E-state index is 12.5. The first-order chi connectivity index (χ1) is 13.7. The first kappa shape index (κ1) is 20.3. The average Bonchev–Trinajstić information content (AvgIpc) is 3.01. The topological polar surface area (TPSA) is 94.4 Å². The van der Waals surface area contributed by atoms with E-state index in [-0.39, 0.29) is 11.4 Å². The Bertz CT molecular complexity index is 1070. The van der Waals surface area contributed by atoms with Crippen molar-refractivity contribution < 1.29 is 23.2 Å². The lowest BCUT2D eigenvalue weighted by Gasteiger charge is -2.05. The van der Waals surface area contributed by atoms with E-state index >= 15 is 0 Å². The van der Waals surface area contributed by atoms with Gasteiger partial charge in [-0.25, -0.2) is 4.98 Å². The van der Waals surface area contributed by atoms with Crippen LogP contribution in [0, 0.1) is 24.0 Å². The molecular weight excluding hydrogens is 404 g/mol. The highest BCUT2D eigenvalue weighted by Gasteiger charge is 2.17. The first-order valence-corrected chi connectivity index (χ1v) is 9.15. The molecule has 0 atom stereocenters. The number of alkyl halides is 2. The van der Waals surface area contributed by atoms with Crippen molar-refractivity contribution in [2.45, 2.75) is 20.5 Å². The fourth-order valence-electron chi connectivity index (χ4n) is 2.69. The summed E-state index contributed by atoms with van der Waals surface area (Å²) >= 11 is 1.26. The Kier molecular flexibility index (Phi) is 5.83. The van der Waals surface area contributed by atoms with Crippen molar-refractivity contribution in [3.63, 3.8) is 0 Å². The van der Waals surface area contributed by atoms with Gasteiger partial charge >= 0.3 is 6.61 Å². The van der Waals surface area contributed by atoms with Gasteiger partial charge in [0.05, 0.1) is 10.6 Å². The third-order valence-corrected chi connectivity index (χ3v) is 4.92. The summed E-state index contributed by atoms with van der Waals surface area (Å²) in [7, 11) is 0. The van der Waals surface area contributed by atoms with Gasteiger partial charge in [-0.05, 0) is 49.7 Å². The number of aromatic nitrogens is 1. The van der Waals surface area contributed by atoms with Crippen molar-refractivity contribution in [2.24, 2.45) is 0 Å². The molecule has 10 heteroatoms. The number of hydrogen-bond acceptors (Lipinski definition) is 6. The Hall–Kier alpha value is -3.40. The fraction of sp³-hybridized carbons (Fsp3) is 0.158. The number of aryl methyl sites for hydroxylation is 2. The van der Waals surface area contributed by atoms with Crippen molar-refractivity contribution >= 4 is 28.1 Å². The van der Waals surface area contributed by atoms with E-state index in [0.29, 0.717) is 27.5 Å². The summed E-state index contributed by atoms with van der Waals surface area (Å²) in [6.07, 6.45) is 0. The molecule has 0 saturated carbocycles. The van der Waals surface area contributed by atoms with E-state index in [4.69, 9.17) is 0 Å². The Morgan fingerprint density at radius 1 is 1.21 bits per heavy atom. The number of benzene rings is 2. The van der Waals surface area contributed by atoms with Crippen molar-refractivity contribution in [3.8, 4) is 17.0 Å². The molecule has 0 aliphatic rings. The van der Waals surface area contributed by atoms with E-state index in [0.717, 1.165) is 4.88 Å². The molecule has 1 heterocycles. The number of thiazole rings is 1. The third-order valence-electron chi connectivity index (χ3n) is 4.04. The maximum Gasteiger partial charge on any atom is 0.387 e. The van der Waals surface area contributed by atoms with Crippen molar-refractivity contribution in [1.29, 1.82) is 0 Å². The molecule has 0 spiro atoms. The van der Waals surface area contributed by atoms with Crippen LogP contribution in [-0.4, -0.2) is 22.4 Å². The maximum atomic E-state index is 12.5. The lowest BCUT2D eigenvalue weighted by molar-refractivity contribution is -0.384. The summed E-state index contributed by atoms with van der Waals surface area (Å²) in [5.41, 5.74) is 1.98. The fourth-order valence-corrected chi connectivity index (χ4v) is 3.52. The molecule has 2 aromatic carbocycles. The van der Waals surface area contributed by atoms with Crippen LogP contribution in [0.15, 0.2) is 42.5 Å². The van der Waals surface area contributed by atoms with Gasteiger partial charge in [-0.2, -0.15) is 8.78 Å². The van der Waals surface area contributed by atoms with Crippen LogP contribution in [0.2, 0.25) is 0 Å². The zero-order valence-corrected chi connectivity index (χ0v) is 16.1. The van der Waals surface area contributed by atoms with Crippen LogP contribution >= 0.6 is 11.3 Å². The molecule has 1 N–H and O–H groups in total. The Morgan fingerprint density at radius 3 is 2.48 bits per heavy atom. The number of carbonyl (C=O) groups excluding carboxylic acids is 1. The number of non-ortho nitro benzene ring substituents is 1. The molecule has 29 heavy (non-hydrogen) atoms. The minimum absolute atomic E-state index is 0.0406. The van der Waals surface area contributed by atoms with Gasteiger partial charge in [0.2, 0.25) is 0 Å². The van der Waals surface area contributed by atoms with Crippen LogP contribution < -0.4 is 10.1 Å². The van der Waals surface area contributed by atoms with Gasteiger partial charge in [0.15, 0.2) is 5.13 Å². The molecule has 1 aromatic heterocycles. The molecular formula is C19H15F2N3O4S. The zero-order valence-electron chi connectivity index (χ0n) is 15.3. The van der Waals surface area contributed by atoms with Crippen LogP contribution in [0.25, 0.3) is 11.3 Å². The quantitative estimate of drug-likeness (QED) is 0.438. The molecule has 1 amide bonds. The van der Waals surface area contributed by atoms with Crippen LogP contribution in [0.3, 0.4) is 0 Å². The van der Waals surface area contributed by atoms with Crippen molar-refractivity contribution in [3.05, 3.63) is 68.6 Å². The van der Waals surface area contributed by atoms with Gasteiger partial charge in [0.25, 0.3) is 11.6 Å². The number of halogens is 2. The summed E-state index contributed by atoms with van der Waals surface area (Å²) in [5, 5.41) is 13.9. The summed E-state index contributed by atoms with van der Waals surface area (Å²) in [6, 6.07) is 10.0. The van der Waals surface area contributed by atoms with Crippen LogP contribution in [0.1, 0.15) is 20.8 Å². The van der Waals surface area contributed by atoms with Gasteiger partial charge in [0, 0.05) is 28.1 Å². The third kappa shape index (κ3) is 4.72. The molecule has 7 nitrogen and oxygen atoms in total. The number of nitro groups is 1. The standard InChI is InChI=1S/C19H15F2N3O4S/c1-10-9-13(24(26)27)5-8-15(10)17(25)23-19-22-16(11(2)29-19)12-3-6-14(7-4-12)28-18(20)21/h3-9,18H,1-2H3,(H,22,23,25). The molecule has 3 rings (SSSR count). The second-order valence-electron chi connectivity index (χ2n) is 6.04. The number of nitrogens with one attached hydrogen (secondary N) is 1. The van der Waals surface area contributed by atoms with Crippen molar-refractivity contribution in [2.75, 3.05) is 5.32 Å². The lowest BCUT2D eigenvalue weighted by atomic mass is 10.1. The minimum atomic E-state index is -2.90. The highest BCUT2D eigenvalue weighted by Crippen LogP contribution is 2.32. The van der Waals surface area contributed by atoms with Gasteiger partial charge in [-0.3, -0.25) is 20.2 Å². The van der Waals surface area contributed by atoms with E-state index < -0.39 is 17.4 Å². The summed E-state index contributed by atoms with van der Waals surface area (Å²) < 4.78 is 28.8. The van der Waals surface area contributed by atoms with Gasteiger partial charge in [-0.15, -0.1) is 11.3 Å². The number of hydrogen-bond donors (Lipinski definition) is 1. The molecule has 0 fully saturated rings. The molecule has 0 radical (unpaired) electrons. The predicted molar refractivity (Wildman–Crippen MR) is 105 cm³/mol. The minimum Gasteiger partial charge on any atom is -0.435 e. The highest BCUT2D eigenvalue weighted by molar-refractivity contribution is 7.16. The number of ether oxygens (including phenoxy) is 1. The number of anilines is 1. The summed E-state index contributed by atoms with van der Waals surface area (Å²) in [4.78, 5) is 28.0. The van der Waals surface area contributed by atoms with E-state index in [1.54, 1.807) is 19.1 Å². The highest BCUT2D eigenvalue weighted by atomic mass is 32.1. The normalized spacial score (nSPS) is 10.8. The Labute approximate surface area is 168 Å².